The molecule has 6 heteroatoms. The van der Waals surface area contributed by atoms with Gasteiger partial charge in [-0.1, -0.05) is 25.1 Å². The van der Waals surface area contributed by atoms with Gasteiger partial charge in [0, 0.05) is 0 Å². The van der Waals surface area contributed by atoms with Gasteiger partial charge in [-0.3, -0.25) is 0 Å². The van der Waals surface area contributed by atoms with Crippen LogP contribution >= 0.6 is 0 Å². The summed E-state index contributed by atoms with van der Waals surface area (Å²) in [6, 6.07) is 8.01. The van der Waals surface area contributed by atoms with Crippen LogP contribution in [0, 0.1) is 6.92 Å². The predicted molar refractivity (Wildman–Crippen MR) is 86.2 cm³/mol. The van der Waals surface area contributed by atoms with Crippen LogP contribution in [0.3, 0.4) is 0 Å². The fraction of sp³-hybridized carbons (Fsp3) is 0.312. The summed E-state index contributed by atoms with van der Waals surface area (Å²) >= 11 is 0. The number of nitrogens with zero attached hydrogens (tertiary/aromatic N) is 4. The van der Waals surface area contributed by atoms with Crippen molar-refractivity contribution in [3.8, 4) is 5.69 Å². The Morgan fingerprint density at radius 1 is 1.27 bits per heavy atom. The van der Waals surface area contributed by atoms with E-state index in [4.69, 9.17) is 0 Å². The van der Waals surface area contributed by atoms with Crippen molar-refractivity contribution in [3.63, 3.8) is 0 Å². The van der Waals surface area contributed by atoms with Crippen molar-refractivity contribution in [1.82, 2.24) is 19.7 Å². The Labute approximate surface area is 128 Å². The number of benzene rings is 1. The first-order valence-corrected chi connectivity index (χ1v) is 7.36. The lowest BCUT2D eigenvalue weighted by Gasteiger charge is -2.14. The van der Waals surface area contributed by atoms with Gasteiger partial charge in [-0.2, -0.15) is 5.10 Å². The summed E-state index contributed by atoms with van der Waals surface area (Å²) in [4.78, 5) is 8.65. The smallest absolute Gasteiger partial charge is 0.168 e. The molecule has 6 nitrogen and oxygen atoms in total. The number of hydrogen-bond donors (Lipinski definition) is 2. The van der Waals surface area contributed by atoms with Crippen LogP contribution in [0.25, 0.3) is 16.7 Å². The van der Waals surface area contributed by atoms with Gasteiger partial charge in [0.05, 0.1) is 29.9 Å². The minimum atomic E-state index is -0.0279. The first-order valence-electron chi connectivity index (χ1n) is 7.36. The molecule has 0 saturated carbocycles. The molecular weight excluding hydrogens is 278 g/mol. The van der Waals surface area contributed by atoms with Gasteiger partial charge in [0.25, 0.3) is 0 Å². The first kappa shape index (κ1) is 14.5. The molecule has 0 aliphatic rings. The largest absolute Gasteiger partial charge is 0.394 e. The van der Waals surface area contributed by atoms with Gasteiger partial charge in [-0.15, -0.1) is 0 Å². The molecule has 2 heterocycles. The molecule has 0 aliphatic carbocycles. The maximum absolute atomic E-state index is 9.35. The van der Waals surface area contributed by atoms with Crippen molar-refractivity contribution in [2.75, 3.05) is 11.9 Å². The van der Waals surface area contributed by atoms with Crippen LogP contribution in [0.15, 0.2) is 36.8 Å². The molecular formula is C16H19N5O. The van der Waals surface area contributed by atoms with Crippen molar-refractivity contribution >= 4 is 16.9 Å². The molecule has 0 bridgehead atoms. The highest BCUT2D eigenvalue weighted by molar-refractivity contribution is 5.87. The van der Waals surface area contributed by atoms with Gasteiger partial charge in [0.1, 0.15) is 12.1 Å². The molecule has 22 heavy (non-hydrogen) atoms. The minimum Gasteiger partial charge on any atom is -0.394 e. The molecule has 2 N–H and O–H groups in total. The summed E-state index contributed by atoms with van der Waals surface area (Å²) < 4.78 is 1.82. The summed E-state index contributed by atoms with van der Waals surface area (Å²) in [6.45, 7) is 4.12. The quantitative estimate of drug-likeness (QED) is 0.756. The summed E-state index contributed by atoms with van der Waals surface area (Å²) in [7, 11) is 0. The van der Waals surface area contributed by atoms with Crippen molar-refractivity contribution in [2.24, 2.45) is 0 Å². The molecule has 1 atom stereocenters. The van der Waals surface area contributed by atoms with E-state index in [0.29, 0.717) is 5.82 Å². The van der Waals surface area contributed by atoms with Crippen molar-refractivity contribution < 1.29 is 5.11 Å². The van der Waals surface area contributed by atoms with E-state index in [1.165, 1.54) is 6.33 Å². The molecule has 0 radical (unpaired) electrons. The summed E-state index contributed by atoms with van der Waals surface area (Å²) in [5.74, 6) is 0.700. The van der Waals surface area contributed by atoms with E-state index in [1.807, 2.05) is 42.8 Å². The highest BCUT2D eigenvalue weighted by atomic mass is 16.3. The molecule has 2 aromatic heterocycles. The zero-order valence-corrected chi connectivity index (χ0v) is 12.7. The lowest BCUT2D eigenvalue weighted by Crippen LogP contribution is -2.23. The van der Waals surface area contributed by atoms with Gasteiger partial charge in [0.2, 0.25) is 0 Å². The molecule has 1 aromatic carbocycles. The molecule has 0 amide bonds. The topological polar surface area (TPSA) is 75.9 Å². The highest BCUT2D eigenvalue weighted by Crippen LogP contribution is 2.23. The Balaban J connectivity index is 2.08. The van der Waals surface area contributed by atoms with Crippen LogP contribution in [0.1, 0.15) is 18.9 Å². The molecule has 114 valence electrons. The van der Waals surface area contributed by atoms with Crippen LogP contribution in [0.5, 0.6) is 0 Å². The predicted octanol–water partition coefficient (Wildman–Crippen LogP) is 2.31. The van der Waals surface area contributed by atoms with Crippen molar-refractivity contribution in [1.29, 1.82) is 0 Å². The maximum Gasteiger partial charge on any atom is 0.168 e. The number of fused-ring (bicyclic) bond motifs is 1. The Kier molecular flexibility index (Phi) is 4.02. The normalized spacial score (nSPS) is 12.5. The number of aryl methyl sites for hydroxylation is 1. The lowest BCUT2D eigenvalue weighted by atomic mass is 10.2. The van der Waals surface area contributed by atoms with Crippen molar-refractivity contribution in [2.45, 2.75) is 26.3 Å². The van der Waals surface area contributed by atoms with Crippen LogP contribution in [-0.2, 0) is 0 Å². The van der Waals surface area contributed by atoms with E-state index in [9.17, 15) is 5.11 Å². The zero-order chi connectivity index (χ0) is 15.5. The van der Waals surface area contributed by atoms with E-state index in [1.54, 1.807) is 6.20 Å². The number of nitrogens with one attached hydrogen (secondary N) is 1. The third-order valence-electron chi connectivity index (χ3n) is 3.76. The third-order valence-corrected chi connectivity index (χ3v) is 3.76. The number of aliphatic hydroxyl groups excluding tert-OH is 1. The van der Waals surface area contributed by atoms with E-state index in [2.05, 4.69) is 20.4 Å². The van der Waals surface area contributed by atoms with E-state index < -0.39 is 0 Å². The minimum absolute atomic E-state index is 0.0279. The van der Waals surface area contributed by atoms with Gasteiger partial charge in [-0.25, -0.2) is 14.6 Å². The molecule has 0 spiro atoms. The number of para-hydroxylation sites is 1. The van der Waals surface area contributed by atoms with Crippen LogP contribution in [0.2, 0.25) is 0 Å². The van der Waals surface area contributed by atoms with Gasteiger partial charge in [0.15, 0.2) is 5.65 Å². The monoisotopic (exact) mass is 297 g/mol. The van der Waals surface area contributed by atoms with E-state index >= 15 is 0 Å². The second-order valence-corrected chi connectivity index (χ2v) is 5.23. The van der Waals surface area contributed by atoms with E-state index in [-0.39, 0.29) is 12.6 Å². The van der Waals surface area contributed by atoms with Crippen molar-refractivity contribution in [3.05, 3.63) is 42.4 Å². The second kappa shape index (κ2) is 6.11. The average Bonchev–Trinajstić information content (AvgIpc) is 2.97. The highest BCUT2D eigenvalue weighted by Gasteiger charge is 2.14. The summed E-state index contributed by atoms with van der Waals surface area (Å²) in [5.41, 5.74) is 2.87. The Morgan fingerprint density at radius 3 is 2.82 bits per heavy atom. The Morgan fingerprint density at radius 2 is 2.09 bits per heavy atom. The van der Waals surface area contributed by atoms with Crippen LogP contribution < -0.4 is 5.32 Å². The fourth-order valence-electron chi connectivity index (χ4n) is 2.41. The van der Waals surface area contributed by atoms with E-state index in [0.717, 1.165) is 28.7 Å². The van der Waals surface area contributed by atoms with Crippen LogP contribution in [-0.4, -0.2) is 37.5 Å². The van der Waals surface area contributed by atoms with Gasteiger partial charge >= 0.3 is 0 Å². The van der Waals surface area contributed by atoms with Gasteiger partial charge < -0.3 is 10.4 Å². The molecule has 0 fully saturated rings. The second-order valence-electron chi connectivity index (χ2n) is 5.23. The maximum atomic E-state index is 9.35. The van der Waals surface area contributed by atoms with Gasteiger partial charge in [-0.05, 0) is 25.0 Å². The molecule has 3 rings (SSSR count). The standard InChI is InChI=1S/C16H19N5O/c1-3-12(9-22)20-15-13-8-19-21(16(13)18-10-17-15)14-7-5-4-6-11(14)2/h4-8,10,12,22H,3,9H2,1-2H3,(H,17,18,20). The fourth-order valence-corrected chi connectivity index (χ4v) is 2.41. The lowest BCUT2D eigenvalue weighted by molar-refractivity contribution is 0.271. The number of aliphatic hydroxyl groups is 1. The van der Waals surface area contributed by atoms with Crippen LogP contribution in [0.4, 0.5) is 5.82 Å². The number of anilines is 1. The molecule has 1 unspecified atom stereocenters. The molecule has 0 aliphatic heterocycles. The number of aromatic nitrogens is 4. The summed E-state index contributed by atoms with van der Waals surface area (Å²) in [5, 5.41) is 17.9. The Bertz CT molecular complexity index is 779. The number of hydrogen-bond acceptors (Lipinski definition) is 5. The molecule has 0 saturated heterocycles. The Hall–Kier alpha value is -2.47. The first-order chi connectivity index (χ1) is 10.7. The zero-order valence-electron chi connectivity index (χ0n) is 12.7. The third kappa shape index (κ3) is 2.53. The average molecular weight is 297 g/mol. The molecule has 3 aromatic rings. The summed E-state index contributed by atoms with van der Waals surface area (Å²) in [6.07, 6.45) is 4.09. The SMILES string of the molecule is CCC(CO)Nc1ncnc2c1cnn2-c1ccccc1C. The number of rotatable bonds is 5.